The van der Waals surface area contributed by atoms with Gasteiger partial charge in [0.1, 0.15) is 0 Å². The van der Waals surface area contributed by atoms with Crippen molar-refractivity contribution in [1.82, 2.24) is 5.32 Å². The van der Waals surface area contributed by atoms with Crippen LogP contribution in [0.2, 0.25) is 0 Å². The Kier molecular flexibility index (Phi) is 6.61. The quantitative estimate of drug-likeness (QED) is 0.548. The van der Waals surface area contributed by atoms with Crippen LogP contribution >= 0.6 is 11.8 Å². The van der Waals surface area contributed by atoms with Gasteiger partial charge in [-0.05, 0) is 67.3 Å². The highest BCUT2D eigenvalue weighted by Crippen LogP contribution is 2.18. The van der Waals surface area contributed by atoms with Gasteiger partial charge in [0.2, 0.25) is 0 Å². The molecule has 0 aliphatic heterocycles. The topological polar surface area (TPSA) is 75.3 Å². The number of aryl methyl sites for hydroxylation is 1. The smallest absolute Gasteiger partial charge is 0.261 e. The number of sulfonamides is 1. The summed E-state index contributed by atoms with van der Waals surface area (Å²) in [5, 5.41) is 2.85. The van der Waals surface area contributed by atoms with E-state index in [1.807, 2.05) is 49.6 Å². The van der Waals surface area contributed by atoms with Gasteiger partial charge in [0, 0.05) is 22.7 Å². The van der Waals surface area contributed by atoms with Crippen molar-refractivity contribution in [3.8, 4) is 0 Å². The van der Waals surface area contributed by atoms with Crippen LogP contribution < -0.4 is 10.0 Å². The highest BCUT2D eigenvalue weighted by atomic mass is 32.2. The molecule has 1 amide bonds. The van der Waals surface area contributed by atoms with Gasteiger partial charge in [-0.3, -0.25) is 9.52 Å². The maximum absolute atomic E-state index is 12.5. The van der Waals surface area contributed by atoms with E-state index in [1.165, 1.54) is 24.3 Å². The standard InChI is InChI=1S/C22H22N2O3S2/c1-16-3-9-19(10-4-16)24-29(26,27)21-13-7-18(8-14-21)22(25)23-15-17-5-11-20(28-2)12-6-17/h3-14,24H,15H2,1-2H3,(H,23,25). The van der Waals surface area contributed by atoms with Crippen LogP contribution in [0.15, 0.2) is 82.6 Å². The van der Waals surface area contributed by atoms with Crippen molar-refractivity contribution in [1.29, 1.82) is 0 Å². The van der Waals surface area contributed by atoms with Gasteiger partial charge in [0.25, 0.3) is 15.9 Å². The zero-order valence-corrected chi connectivity index (χ0v) is 17.8. The van der Waals surface area contributed by atoms with Crippen molar-refractivity contribution in [2.45, 2.75) is 23.3 Å². The number of hydrogen-bond acceptors (Lipinski definition) is 4. The Morgan fingerprint density at radius 1 is 0.897 bits per heavy atom. The minimum absolute atomic E-state index is 0.0993. The molecule has 0 aromatic heterocycles. The molecular weight excluding hydrogens is 404 g/mol. The maximum Gasteiger partial charge on any atom is 0.261 e. The van der Waals surface area contributed by atoms with Crippen LogP contribution in [0.3, 0.4) is 0 Å². The second-order valence-corrected chi connectivity index (χ2v) is 9.09. The molecule has 0 unspecified atom stereocenters. The van der Waals surface area contributed by atoms with Crippen molar-refractivity contribution >= 4 is 33.4 Å². The van der Waals surface area contributed by atoms with Gasteiger partial charge in [-0.25, -0.2) is 8.42 Å². The molecule has 29 heavy (non-hydrogen) atoms. The predicted molar refractivity (Wildman–Crippen MR) is 118 cm³/mol. The van der Waals surface area contributed by atoms with Crippen molar-refractivity contribution < 1.29 is 13.2 Å². The monoisotopic (exact) mass is 426 g/mol. The second kappa shape index (κ2) is 9.15. The third-order valence-corrected chi connectivity index (χ3v) is 6.48. The third-order valence-electron chi connectivity index (χ3n) is 4.34. The SMILES string of the molecule is CSc1ccc(CNC(=O)c2ccc(S(=O)(=O)Nc3ccc(C)cc3)cc2)cc1. The van der Waals surface area contributed by atoms with Gasteiger partial charge in [-0.2, -0.15) is 0 Å². The van der Waals surface area contributed by atoms with Crippen LogP contribution in [-0.4, -0.2) is 20.6 Å². The molecule has 0 saturated carbocycles. The lowest BCUT2D eigenvalue weighted by molar-refractivity contribution is 0.0951. The number of benzene rings is 3. The Morgan fingerprint density at radius 2 is 1.52 bits per heavy atom. The van der Waals surface area contributed by atoms with Gasteiger partial charge in [-0.1, -0.05) is 29.8 Å². The lowest BCUT2D eigenvalue weighted by Crippen LogP contribution is -2.23. The van der Waals surface area contributed by atoms with E-state index in [1.54, 1.807) is 23.9 Å². The van der Waals surface area contributed by atoms with Gasteiger partial charge in [0.05, 0.1) is 4.90 Å². The molecular formula is C22H22N2O3S2. The molecule has 0 saturated heterocycles. The zero-order valence-electron chi connectivity index (χ0n) is 16.2. The van der Waals surface area contributed by atoms with E-state index in [9.17, 15) is 13.2 Å². The van der Waals surface area contributed by atoms with E-state index in [0.717, 1.165) is 16.0 Å². The number of nitrogens with one attached hydrogen (secondary N) is 2. The first kappa shape index (κ1) is 21.0. The normalized spacial score (nSPS) is 11.1. The van der Waals surface area contributed by atoms with Crippen LogP contribution in [0.1, 0.15) is 21.5 Å². The summed E-state index contributed by atoms with van der Waals surface area (Å²) in [6, 6.07) is 20.9. The Bertz CT molecular complexity index is 1080. The number of carbonyl (C=O) groups excluding carboxylic acids is 1. The number of rotatable bonds is 7. The van der Waals surface area contributed by atoms with E-state index in [-0.39, 0.29) is 10.8 Å². The summed E-state index contributed by atoms with van der Waals surface area (Å²) >= 11 is 1.66. The summed E-state index contributed by atoms with van der Waals surface area (Å²) in [6.07, 6.45) is 2.01. The molecule has 0 radical (unpaired) electrons. The number of anilines is 1. The Labute approximate surface area is 175 Å². The third kappa shape index (κ3) is 5.62. The number of amides is 1. The average Bonchev–Trinajstić information content (AvgIpc) is 2.74. The first-order valence-electron chi connectivity index (χ1n) is 8.98. The Morgan fingerprint density at radius 3 is 2.10 bits per heavy atom. The van der Waals surface area contributed by atoms with E-state index in [2.05, 4.69) is 10.0 Å². The van der Waals surface area contributed by atoms with E-state index >= 15 is 0 Å². The van der Waals surface area contributed by atoms with Crippen LogP contribution in [0.25, 0.3) is 0 Å². The fourth-order valence-corrected chi connectivity index (χ4v) is 4.12. The Hall–Kier alpha value is -2.77. The lowest BCUT2D eigenvalue weighted by atomic mass is 10.2. The molecule has 0 bridgehead atoms. The summed E-state index contributed by atoms with van der Waals surface area (Å²) in [5.41, 5.74) is 2.94. The summed E-state index contributed by atoms with van der Waals surface area (Å²) < 4.78 is 27.6. The molecule has 0 heterocycles. The second-order valence-electron chi connectivity index (χ2n) is 6.53. The largest absolute Gasteiger partial charge is 0.348 e. The van der Waals surface area contributed by atoms with E-state index in [0.29, 0.717) is 17.8 Å². The van der Waals surface area contributed by atoms with Gasteiger partial charge >= 0.3 is 0 Å². The molecule has 0 spiro atoms. The van der Waals surface area contributed by atoms with Crippen LogP contribution in [-0.2, 0) is 16.6 Å². The summed E-state index contributed by atoms with van der Waals surface area (Å²) in [6.45, 7) is 2.34. The van der Waals surface area contributed by atoms with Crippen molar-refractivity contribution in [3.05, 3.63) is 89.5 Å². The Balaban J connectivity index is 1.63. The van der Waals surface area contributed by atoms with Crippen molar-refractivity contribution in [2.75, 3.05) is 11.0 Å². The summed E-state index contributed by atoms with van der Waals surface area (Å²) in [4.78, 5) is 13.6. The lowest BCUT2D eigenvalue weighted by Gasteiger charge is -2.10. The predicted octanol–water partition coefficient (Wildman–Crippen LogP) is 4.45. The molecule has 3 aromatic carbocycles. The minimum Gasteiger partial charge on any atom is -0.348 e. The van der Waals surface area contributed by atoms with Gasteiger partial charge < -0.3 is 5.32 Å². The maximum atomic E-state index is 12.5. The van der Waals surface area contributed by atoms with Crippen LogP contribution in [0.5, 0.6) is 0 Å². The highest BCUT2D eigenvalue weighted by Gasteiger charge is 2.15. The fourth-order valence-electron chi connectivity index (χ4n) is 2.65. The van der Waals surface area contributed by atoms with Crippen LogP contribution in [0, 0.1) is 6.92 Å². The van der Waals surface area contributed by atoms with Crippen molar-refractivity contribution in [3.63, 3.8) is 0 Å². The van der Waals surface area contributed by atoms with Gasteiger partial charge in [0.15, 0.2) is 0 Å². The molecule has 3 aromatic rings. The first-order chi connectivity index (χ1) is 13.9. The summed E-state index contributed by atoms with van der Waals surface area (Å²) in [7, 11) is -3.71. The molecule has 0 aliphatic carbocycles. The molecule has 150 valence electrons. The molecule has 2 N–H and O–H groups in total. The molecule has 0 atom stereocenters. The molecule has 3 rings (SSSR count). The molecule has 0 fully saturated rings. The number of carbonyl (C=O) groups is 1. The number of thioether (sulfide) groups is 1. The van der Waals surface area contributed by atoms with E-state index < -0.39 is 10.0 Å². The molecule has 0 aliphatic rings. The first-order valence-corrected chi connectivity index (χ1v) is 11.7. The summed E-state index contributed by atoms with van der Waals surface area (Å²) in [5.74, 6) is -0.255. The average molecular weight is 427 g/mol. The van der Waals surface area contributed by atoms with Crippen molar-refractivity contribution in [2.24, 2.45) is 0 Å². The minimum atomic E-state index is -3.71. The zero-order chi connectivity index (χ0) is 20.9. The van der Waals surface area contributed by atoms with Gasteiger partial charge in [-0.15, -0.1) is 11.8 Å². The van der Waals surface area contributed by atoms with Crippen LogP contribution in [0.4, 0.5) is 5.69 Å². The molecule has 7 heteroatoms. The molecule has 5 nitrogen and oxygen atoms in total. The van der Waals surface area contributed by atoms with E-state index in [4.69, 9.17) is 0 Å². The highest BCUT2D eigenvalue weighted by molar-refractivity contribution is 7.98. The number of hydrogen-bond donors (Lipinski definition) is 2. The fraction of sp³-hybridized carbons (Fsp3) is 0.136.